The highest BCUT2D eigenvalue weighted by molar-refractivity contribution is 9.10. The molecule has 0 bridgehead atoms. The molecule has 1 aromatic rings. The lowest BCUT2D eigenvalue weighted by Gasteiger charge is -2.29. The third-order valence-corrected chi connectivity index (χ3v) is 3.85. The molecule has 1 N–H and O–H groups in total. The Morgan fingerprint density at radius 2 is 2.11 bits per heavy atom. The molecule has 4 heteroatoms. The molecule has 2 nitrogen and oxygen atoms in total. The highest BCUT2D eigenvalue weighted by Crippen LogP contribution is 2.19. The Balaban J connectivity index is 1.89. The summed E-state index contributed by atoms with van der Waals surface area (Å²) < 4.78 is 14.6. The molecule has 100 valence electrons. The summed E-state index contributed by atoms with van der Waals surface area (Å²) in [5.41, 5.74) is 0.812. The van der Waals surface area contributed by atoms with Crippen LogP contribution in [0, 0.1) is 11.7 Å². The molecular weight excluding hydrogens is 295 g/mol. The second kappa shape index (κ2) is 6.64. The second-order valence-corrected chi connectivity index (χ2v) is 6.01. The van der Waals surface area contributed by atoms with Gasteiger partial charge in [0.2, 0.25) is 0 Å². The summed E-state index contributed by atoms with van der Waals surface area (Å²) in [6, 6.07) is 5.18. The van der Waals surface area contributed by atoms with Crippen molar-refractivity contribution in [1.29, 1.82) is 0 Å². The Labute approximate surface area is 117 Å². The van der Waals surface area contributed by atoms with Crippen LogP contribution in [0.3, 0.4) is 0 Å². The number of rotatable bonds is 4. The molecule has 1 aromatic carbocycles. The molecule has 1 unspecified atom stereocenters. The van der Waals surface area contributed by atoms with Crippen molar-refractivity contribution in [2.75, 3.05) is 32.7 Å². The van der Waals surface area contributed by atoms with Gasteiger partial charge in [0, 0.05) is 37.2 Å². The predicted molar refractivity (Wildman–Crippen MR) is 76.3 cm³/mol. The molecule has 1 heterocycles. The molecule has 0 aliphatic carbocycles. The SMILES string of the molecule is CC(Cc1cc(Br)ccc1F)CN1CCNCC1. The van der Waals surface area contributed by atoms with Crippen molar-refractivity contribution in [1.82, 2.24) is 10.2 Å². The average Bonchev–Trinajstić information content (AvgIpc) is 2.35. The van der Waals surface area contributed by atoms with Crippen molar-refractivity contribution in [3.63, 3.8) is 0 Å². The van der Waals surface area contributed by atoms with E-state index in [0.717, 1.165) is 49.2 Å². The fourth-order valence-electron chi connectivity index (χ4n) is 2.47. The monoisotopic (exact) mass is 314 g/mol. The summed E-state index contributed by atoms with van der Waals surface area (Å²) in [7, 11) is 0. The van der Waals surface area contributed by atoms with E-state index in [2.05, 4.69) is 33.1 Å². The molecule has 0 amide bonds. The van der Waals surface area contributed by atoms with Gasteiger partial charge in [-0.1, -0.05) is 22.9 Å². The van der Waals surface area contributed by atoms with Crippen LogP contribution >= 0.6 is 15.9 Å². The first-order valence-electron chi connectivity index (χ1n) is 6.52. The van der Waals surface area contributed by atoms with Gasteiger partial charge < -0.3 is 10.2 Å². The van der Waals surface area contributed by atoms with Crippen LogP contribution < -0.4 is 5.32 Å². The Morgan fingerprint density at radius 3 is 2.83 bits per heavy atom. The van der Waals surface area contributed by atoms with Gasteiger partial charge >= 0.3 is 0 Å². The zero-order valence-corrected chi connectivity index (χ0v) is 12.3. The lowest BCUT2D eigenvalue weighted by Crippen LogP contribution is -2.45. The van der Waals surface area contributed by atoms with Gasteiger partial charge in [-0.05, 0) is 36.1 Å². The predicted octanol–water partition coefficient (Wildman–Crippen LogP) is 2.67. The highest BCUT2D eigenvalue weighted by atomic mass is 79.9. The Bertz CT molecular complexity index is 391. The van der Waals surface area contributed by atoms with Gasteiger partial charge in [0.05, 0.1) is 0 Å². The minimum absolute atomic E-state index is 0.0923. The number of nitrogens with one attached hydrogen (secondary N) is 1. The molecule has 1 aliphatic heterocycles. The van der Waals surface area contributed by atoms with E-state index >= 15 is 0 Å². The van der Waals surface area contributed by atoms with Gasteiger partial charge in [-0.25, -0.2) is 4.39 Å². The van der Waals surface area contributed by atoms with Gasteiger partial charge in [0.25, 0.3) is 0 Å². The maximum atomic E-state index is 13.7. The van der Waals surface area contributed by atoms with Crippen LogP contribution in [0.1, 0.15) is 12.5 Å². The third-order valence-electron chi connectivity index (χ3n) is 3.36. The number of halogens is 2. The summed E-state index contributed by atoms with van der Waals surface area (Å²) in [5.74, 6) is 0.386. The van der Waals surface area contributed by atoms with Crippen molar-refractivity contribution in [3.8, 4) is 0 Å². The highest BCUT2D eigenvalue weighted by Gasteiger charge is 2.14. The van der Waals surface area contributed by atoms with Gasteiger partial charge in [-0.3, -0.25) is 0 Å². The number of hydrogen-bond acceptors (Lipinski definition) is 2. The molecule has 18 heavy (non-hydrogen) atoms. The summed E-state index contributed by atoms with van der Waals surface area (Å²) in [6.45, 7) is 7.59. The van der Waals surface area contributed by atoms with Crippen molar-refractivity contribution in [2.24, 2.45) is 5.92 Å². The number of nitrogens with zero attached hydrogens (tertiary/aromatic N) is 1. The fraction of sp³-hybridized carbons (Fsp3) is 0.571. The van der Waals surface area contributed by atoms with Crippen LogP contribution in [0.5, 0.6) is 0 Å². The standard InChI is InChI=1S/C14H20BrFN2/c1-11(10-18-6-4-17-5-7-18)8-12-9-13(15)2-3-14(12)16/h2-3,9,11,17H,4-8,10H2,1H3. The van der Waals surface area contributed by atoms with Crippen LogP contribution in [0.4, 0.5) is 4.39 Å². The Hall–Kier alpha value is -0.450. The molecule has 1 saturated heterocycles. The zero-order valence-electron chi connectivity index (χ0n) is 10.8. The van der Waals surface area contributed by atoms with Crippen LogP contribution in [0.15, 0.2) is 22.7 Å². The van der Waals surface area contributed by atoms with Crippen LogP contribution in [-0.2, 0) is 6.42 Å². The molecule has 1 fully saturated rings. The molecular formula is C14H20BrFN2. The van der Waals surface area contributed by atoms with E-state index in [4.69, 9.17) is 0 Å². The van der Waals surface area contributed by atoms with E-state index in [0.29, 0.717) is 5.92 Å². The lowest BCUT2D eigenvalue weighted by atomic mass is 10.00. The van der Waals surface area contributed by atoms with Crippen molar-refractivity contribution >= 4 is 15.9 Å². The Morgan fingerprint density at radius 1 is 1.39 bits per heavy atom. The van der Waals surface area contributed by atoms with E-state index in [1.54, 1.807) is 6.07 Å². The maximum Gasteiger partial charge on any atom is 0.126 e. The Kier molecular flexibility index (Phi) is 5.15. The van der Waals surface area contributed by atoms with Gasteiger partial charge in [0.15, 0.2) is 0 Å². The molecule has 1 aliphatic rings. The number of piperazine rings is 1. The van der Waals surface area contributed by atoms with Crippen LogP contribution in [-0.4, -0.2) is 37.6 Å². The van der Waals surface area contributed by atoms with Crippen LogP contribution in [0.25, 0.3) is 0 Å². The van der Waals surface area contributed by atoms with E-state index < -0.39 is 0 Å². The van der Waals surface area contributed by atoms with Gasteiger partial charge in [-0.2, -0.15) is 0 Å². The molecule has 2 rings (SSSR count). The van der Waals surface area contributed by atoms with E-state index in [1.807, 2.05) is 6.07 Å². The first-order valence-corrected chi connectivity index (χ1v) is 7.31. The van der Waals surface area contributed by atoms with E-state index in [9.17, 15) is 4.39 Å². The van der Waals surface area contributed by atoms with Gasteiger partial charge in [0.1, 0.15) is 5.82 Å². The molecule has 1 atom stereocenters. The second-order valence-electron chi connectivity index (χ2n) is 5.10. The van der Waals surface area contributed by atoms with E-state index in [-0.39, 0.29) is 5.82 Å². The number of benzene rings is 1. The van der Waals surface area contributed by atoms with Gasteiger partial charge in [-0.15, -0.1) is 0 Å². The largest absolute Gasteiger partial charge is 0.314 e. The first-order chi connectivity index (χ1) is 8.65. The molecule has 0 spiro atoms. The topological polar surface area (TPSA) is 15.3 Å². The molecule has 0 aromatic heterocycles. The quantitative estimate of drug-likeness (QED) is 0.919. The van der Waals surface area contributed by atoms with Crippen molar-refractivity contribution in [3.05, 3.63) is 34.1 Å². The fourth-order valence-corrected chi connectivity index (χ4v) is 2.88. The summed E-state index contributed by atoms with van der Waals surface area (Å²) in [5, 5.41) is 3.35. The minimum atomic E-state index is -0.0923. The minimum Gasteiger partial charge on any atom is -0.314 e. The van der Waals surface area contributed by atoms with E-state index in [1.165, 1.54) is 6.07 Å². The normalized spacial score (nSPS) is 18.8. The zero-order chi connectivity index (χ0) is 13.0. The molecule has 0 radical (unpaired) electrons. The number of hydrogen-bond donors (Lipinski definition) is 1. The summed E-state index contributed by atoms with van der Waals surface area (Å²) in [6.07, 6.45) is 0.801. The average molecular weight is 315 g/mol. The summed E-state index contributed by atoms with van der Waals surface area (Å²) in [4.78, 5) is 2.46. The third kappa shape index (κ3) is 4.04. The smallest absolute Gasteiger partial charge is 0.126 e. The maximum absolute atomic E-state index is 13.7. The van der Waals surface area contributed by atoms with Crippen molar-refractivity contribution in [2.45, 2.75) is 13.3 Å². The summed E-state index contributed by atoms with van der Waals surface area (Å²) >= 11 is 3.40. The van der Waals surface area contributed by atoms with Crippen LogP contribution in [0.2, 0.25) is 0 Å². The first kappa shape index (κ1) is 14.0. The molecule has 0 saturated carbocycles. The lowest BCUT2D eigenvalue weighted by molar-refractivity contribution is 0.210. The van der Waals surface area contributed by atoms with Crippen molar-refractivity contribution < 1.29 is 4.39 Å².